The van der Waals surface area contributed by atoms with Gasteiger partial charge in [-0.15, -0.1) is 0 Å². The second kappa shape index (κ2) is 9.74. The first-order valence-corrected chi connectivity index (χ1v) is 10.5. The molecule has 1 aromatic carbocycles. The van der Waals surface area contributed by atoms with Gasteiger partial charge >= 0.3 is 0 Å². The summed E-state index contributed by atoms with van der Waals surface area (Å²) in [7, 11) is 0. The molecule has 8 nitrogen and oxygen atoms in total. The molecular formula is C22H28F2N4O4. The molecule has 0 saturated heterocycles. The first kappa shape index (κ1) is 23.8. The molecule has 2 heterocycles. The number of imidazole rings is 1. The standard InChI is InChI=1S/C22H28F2N4O4/c1-22(2,3)18(21(31)25-7-9-29)27-20(30)17-16-12-32-10-4-8-28(16)19(26-17)13-5-6-14(23)15(24)11-13/h5-6,11,18,29H,4,7-10,12H2,1-3H3,(H,25,31)(H,27,30)/t18-/m1/s1. The van der Waals surface area contributed by atoms with Gasteiger partial charge in [0.2, 0.25) is 5.91 Å². The van der Waals surface area contributed by atoms with Gasteiger partial charge < -0.3 is 25.0 Å². The summed E-state index contributed by atoms with van der Waals surface area (Å²) in [6, 6.07) is 2.57. The van der Waals surface area contributed by atoms with Gasteiger partial charge in [-0.05, 0) is 30.0 Å². The van der Waals surface area contributed by atoms with Crippen LogP contribution < -0.4 is 10.6 Å². The number of halogens is 2. The summed E-state index contributed by atoms with van der Waals surface area (Å²) < 4.78 is 34.7. The van der Waals surface area contributed by atoms with Gasteiger partial charge in [-0.2, -0.15) is 0 Å². The number of aliphatic hydroxyl groups excluding tert-OH is 1. The lowest BCUT2D eigenvalue weighted by Gasteiger charge is -2.30. The minimum Gasteiger partial charge on any atom is -0.395 e. The number of aliphatic hydroxyl groups is 1. The maximum absolute atomic E-state index is 13.9. The average Bonchev–Trinajstić information content (AvgIpc) is 2.92. The molecule has 174 valence electrons. The summed E-state index contributed by atoms with van der Waals surface area (Å²) in [5.41, 5.74) is 0.281. The molecule has 2 amide bonds. The molecule has 3 rings (SSSR count). The van der Waals surface area contributed by atoms with Crippen molar-refractivity contribution in [3.8, 4) is 11.4 Å². The number of aromatic nitrogens is 2. The van der Waals surface area contributed by atoms with E-state index in [0.717, 1.165) is 12.1 Å². The van der Waals surface area contributed by atoms with Crippen molar-refractivity contribution >= 4 is 11.8 Å². The first-order chi connectivity index (χ1) is 15.1. The zero-order valence-electron chi connectivity index (χ0n) is 18.4. The number of nitrogens with one attached hydrogen (secondary N) is 2. The Morgan fingerprint density at radius 3 is 2.69 bits per heavy atom. The van der Waals surface area contributed by atoms with Crippen LogP contribution >= 0.6 is 0 Å². The maximum Gasteiger partial charge on any atom is 0.272 e. The fraction of sp³-hybridized carbons (Fsp3) is 0.500. The topological polar surface area (TPSA) is 105 Å². The van der Waals surface area contributed by atoms with Gasteiger partial charge in [-0.1, -0.05) is 20.8 Å². The Labute approximate surface area is 185 Å². The summed E-state index contributed by atoms with van der Waals surface area (Å²) in [4.78, 5) is 30.3. The van der Waals surface area contributed by atoms with E-state index in [9.17, 15) is 18.4 Å². The molecule has 1 aromatic heterocycles. The second-order valence-corrected chi connectivity index (χ2v) is 8.70. The fourth-order valence-electron chi connectivity index (χ4n) is 3.56. The predicted octanol–water partition coefficient (Wildman–Crippen LogP) is 2.00. The maximum atomic E-state index is 13.9. The zero-order valence-corrected chi connectivity index (χ0v) is 18.4. The van der Waals surface area contributed by atoms with Crippen molar-refractivity contribution in [3.63, 3.8) is 0 Å². The molecule has 2 aromatic rings. The minimum atomic E-state index is -1.01. The molecule has 0 bridgehead atoms. The SMILES string of the molecule is CC(C)(C)[C@H](NC(=O)c1nc(-c2ccc(F)c(F)c2)n2c1COCCC2)C(=O)NCCO. The van der Waals surface area contributed by atoms with Gasteiger partial charge in [0, 0.05) is 25.3 Å². The van der Waals surface area contributed by atoms with Crippen molar-refractivity contribution in [2.24, 2.45) is 5.41 Å². The van der Waals surface area contributed by atoms with Crippen molar-refractivity contribution in [3.05, 3.63) is 41.2 Å². The highest BCUT2D eigenvalue weighted by Gasteiger charge is 2.35. The van der Waals surface area contributed by atoms with Crippen LogP contribution in [-0.4, -0.2) is 52.3 Å². The number of hydrogen-bond donors (Lipinski definition) is 3. The number of rotatable bonds is 6. The van der Waals surface area contributed by atoms with Crippen LogP contribution in [0.15, 0.2) is 18.2 Å². The third-order valence-electron chi connectivity index (χ3n) is 5.19. The quantitative estimate of drug-likeness (QED) is 0.624. The van der Waals surface area contributed by atoms with Crippen LogP contribution in [0.4, 0.5) is 8.78 Å². The van der Waals surface area contributed by atoms with Crippen molar-refractivity contribution in [1.29, 1.82) is 0 Å². The van der Waals surface area contributed by atoms with Crippen LogP contribution in [0.1, 0.15) is 43.4 Å². The summed E-state index contributed by atoms with van der Waals surface area (Å²) in [6.45, 7) is 6.35. The molecule has 0 unspecified atom stereocenters. The van der Waals surface area contributed by atoms with Crippen LogP contribution in [0.25, 0.3) is 11.4 Å². The Morgan fingerprint density at radius 2 is 2.03 bits per heavy atom. The van der Waals surface area contributed by atoms with E-state index in [0.29, 0.717) is 36.7 Å². The molecule has 32 heavy (non-hydrogen) atoms. The number of carbonyl (C=O) groups is 2. The minimum absolute atomic E-state index is 0.0648. The van der Waals surface area contributed by atoms with Crippen LogP contribution in [0.3, 0.4) is 0 Å². The lowest BCUT2D eigenvalue weighted by Crippen LogP contribution is -2.54. The third-order valence-corrected chi connectivity index (χ3v) is 5.19. The van der Waals surface area contributed by atoms with Gasteiger partial charge in [-0.25, -0.2) is 13.8 Å². The van der Waals surface area contributed by atoms with Crippen molar-refractivity contribution in [2.75, 3.05) is 19.8 Å². The summed E-state index contributed by atoms with van der Waals surface area (Å²) >= 11 is 0. The fourth-order valence-corrected chi connectivity index (χ4v) is 3.56. The first-order valence-electron chi connectivity index (χ1n) is 10.5. The number of nitrogens with zero attached hydrogens (tertiary/aromatic N) is 2. The Hall–Kier alpha value is -2.85. The highest BCUT2D eigenvalue weighted by molar-refractivity contribution is 5.97. The van der Waals surface area contributed by atoms with E-state index in [1.165, 1.54) is 6.07 Å². The number of hydrogen-bond acceptors (Lipinski definition) is 5. The summed E-state index contributed by atoms with van der Waals surface area (Å²) in [5, 5.41) is 14.3. The molecule has 0 aliphatic carbocycles. The molecule has 0 spiro atoms. The molecule has 0 fully saturated rings. The molecule has 10 heteroatoms. The van der Waals surface area contributed by atoms with E-state index in [4.69, 9.17) is 9.84 Å². The van der Waals surface area contributed by atoms with Gasteiger partial charge in [0.05, 0.1) is 18.9 Å². The van der Waals surface area contributed by atoms with Gasteiger partial charge in [0.15, 0.2) is 17.3 Å². The van der Waals surface area contributed by atoms with Crippen LogP contribution in [-0.2, 0) is 22.7 Å². The Kier molecular flexibility index (Phi) is 7.25. The van der Waals surface area contributed by atoms with E-state index in [1.54, 1.807) is 25.3 Å². The molecule has 1 aliphatic rings. The van der Waals surface area contributed by atoms with Gasteiger partial charge in [-0.3, -0.25) is 9.59 Å². The molecule has 3 N–H and O–H groups in total. The van der Waals surface area contributed by atoms with Crippen LogP contribution in [0.5, 0.6) is 0 Å². The average molecular weight is 450 g/mol. The number of amides is 2. The van der Waals surface area contributed by atoms with Crippen molar-refractivity contribution in [1.82, 2.24) is 20.2 Å². The molecule has 0 radical (unpaired) electrons. The van der Waals surface area contributed by atoms with E-state index in [1.807, 2.05) is 0 Å². The second-order valence-electron chi connectivity index (χ2n) is 8.70. The van der Waals surface area contributed by atoms with E-state index >= 15 is 0 Å². The van der Waals surface area contributed by atoms with Crippen LogP contribution in [0.2, 0.25) is 0 Å². The summed E-state index contributed by atoms with van der Waals surface area (Å²) in [6.07, 6.45) is 0.662. The number of fused-ring (bicyclic) bond motifs is 1. The predicted molar refractivity (Wildman–Crippen MR) is 113 cm³/mol. The van der Waals surface area contributed by atoms with Crippen LogP contribution in [0, 0.1) is 17.0 Å². The van der Waals surface area contributed by atoms with Crippen molar-refractivity contribution < 1.29 is 28.2 Å². The number of benzene rings is 1. The van der Waals surface area contributed by atoms with E-state index in [-0.39, 0.29) is 25.5 Å². The highest BCUT2D eigenvalue weighted by Crippen LogP contribution is 2.27. The van der Waals surface area contributed by atoms with Crippen molar-refractivity contribution in [2.45, 2.75) is 46.4 Å². The van der Waals surface area contributed by atoms with Gasteiger partial charge in [0.25, 0.3) is 5.91 Å². The lowest BCUT2D eigenvalue weighted by molar-refractivity contribution is -0.125. The monoisotopic (exact) mass is 450 g/mol. The normalized spacial score (nSPS) is 14.9. The van der Waals surface area contributed by atoms with E-state index < -0.39 is 34.9 Å². The molecule has 1 aliphatic heterocycles. The smallest absolute Gasteiger partial charge is 0.272 e. The molecular weight excluding hydrogens is 422 g/mol. The summed E-state index contributed by atoms with van der Waals surface area (Å²) in [5.74, 6) is -2.66. The number of carbonyl (C=O) groups excluding carboxylic acids is 2. The van der Waals surface area contributed by atoms with E-state index in [2.05, 4.69) is 15.6 Å². The Bertz CT molecular complexity index is 1000. The third kappa shape index (κ3) is 5.13. The van der Waals surface area contributed by atoms with Gasteiger partial charge in [0.1, 0.15) is 11.9 Å². The lowest BCUT2D eigenvalue weighted by atomic mass is 9.86. The highest BCUT2D eigenvalue weighted by atomic mass is 19.2. The molecule has 1 atom stereocenters. The Morgan fingerprint density at radius 1 is 1.28 bits per heavy atom. The number of ether oxygens (including phenoxy) is 1. The zero-order chi connectivity index (χ0) is 23.5. The Balaban J connectivity index is 1.99. The molecule has 0 saturated carbocycles. The largest absolute Gasteiger partial charge is 0.395 e.